The number of rotatable bonds is 5. The molecular weight excluding hydrogens is 448 g/mol. The van der Waals surface area contributed by atoms with E-state index in [1.54, 1.807) is 36.4 Å². The van der Waals surface area contributed by atoms with Gasteiger partial charge in [-0.15, -0.1) is 0 Å². The van der Waals surface area contributed by atoms with Crippen molar-refractivity contribution in [3.8, 4) is 11.5 Å². The fourth-order valence-corrected chi connectivity index (χ4v) is 3.41. The first-order chi connectivity index (χ1) is 13.4. The highest BCUT2D eigenvalue weighted by Gasteiger charge is 2.26. The molecule has 0 spiro atoms. The molecule has 148 valence electrons. The first kappa shape index (κ1) is 20.5. The summed E-state index contributed by atoms with van der Waals surface area (Å²) in [5.41, 5.74) is 0.856. The Labute approximate surface area is 176 Å². The molecule has 3 rings (SSSR count). The van der Waals surface area contributed by atoms with Crippen molar-refractivity contribution < 1.29 is 19.1 Å². The van der Waals surface area contributed by atoms with Crippen LogP contribution in [0.1, 0.15) is 24.2 Å². The second-order valence-electron chi connectivity index (χ2n) is 6.64. The topological polar surface area (TPSA) is 76.7 Å². The molecule has 0 fully saturated rings. The third-order valence-electron chi connectivity index (χ3n) is 4.24. The molecule has 0 radical (unpaired) electrons. The van der Waals surface area contributed by atoms with E-state index in [0.29, 0.717) is 45.5 Å². The van der Waals surface area contributed by atoms with Crippen molar-refractivity contribution in [2.24, 2.45) is 5.92 Å². The summed E-state index contributed by atoms with van der Waals surface area (Å²) < 4.78 is 11.7. The van der Waals surface area contributed by atoms with Gasteiger partial charge in [-0.25, -0.2) is 0 Å². The van der Waals surface area contributed by atoms with Crippen LogP contribution in [0.2, 0.25) is 5.02 Å². The van der Waals surface area contributed by atoms with Crippen molar-refractivity contribution >= 4 is 45.0 Å². The molecule has 0 aromatic heterocycles. The first-order valence-corrected chi connectivity index (χ1v) is 9.99. The van der Waals surface area contributed by atoms with Crippen LogP contribution in [0.25, 0.3) is 0 Å². The van der Waals surface area contributed by atoms with Gasteiger partial charge in [0.25, 0.3) is 5.91 Å². The van der Waals surface area contributed by atoms with E-state index in [4.69, 9.17) is 21.1 Å². The summed E-state index contributed by atoms with van der Waals surface area (Å²) >= 11 is 9.52. The molecule has 0 saturated heterocycles. The van der Waals surface area contributed by atoms with Gasteiger partial charge < -0.3 is 20.1 Å². The molecule has 1 heterocycles. The second kappa shape index (κ2) is 8.84. The largest absolute Gasteiger partial charge is 0.486 e. The van der Waals surface area contributed by atoms with Gasteiger partial charge in [-0.05, 0) is 34.0 Å². The molecule has 2 aromatic rings. The van der Waals surface area contributed by atoms with Gasteiger partial charge in [-0.3, -0.25) is 9.59 Å². The number of hydrogen-bond acceptors (Lipinski definition) is 4. The molecule has 2 amide bonds. The summed E-state index contributed by atoms with van der Waals surface area (Å²) in [7, 11) is 0. The highest BCUT2D eigenvalue weighted by molar-refractivity contribution is 9.10. The standard InChI is InChI=1S/C20H20BrClN2O4/c1-11(2)18(24-19(25)12-5-3-4-6-14(12)22)20(26)23-15-10-17-16(9-13(15)21)27-7-8-28-17/h3-6,9-11,18H,7-8H2,1-2H3,(H,23,26)(H,24,25). The molecule has 0 bridgehead atoms. The van der Waals surface area contributed by atoms with E-state index in [0.717, 1.165) is 0 Å². The summed E-state index contributed by atoms with van der Waals surface area (Å²) in [6.45, 7) is 4.64. The molecule has 28 heavy (non-hydrogen) atoms. The SMILES string of the molecule is CC(C)C(NC(=O)c1ccccc1Cl)C(=O)Nc1cc2c(cc1Br)OCCO2. The van der Waals surface area contributed by atoms with Gasteiger partial charge in [0.1, 0.15) is 19.3 Å². The number of benzene rings is 2. The van der Waals surface area contributed by atoms with Gasteiger partial charge in [0.05, 0.1) is 16.3 Å². The Hall–Kier alpha value is -2.25. The number of nitrogens with one attached hydrogen (secondary N) is 2. The highest BCUT2D eigenvalue weighted by Crippen LogP contribution is 2.38. The van der Waals surface area contributed by atoms with Crippen LogP contribution in [-0.4, -0.2) is 31.1 Å². The molecule has 6 nitrogen and oxygen atoms in total. The lowest BCUT2D eigenvalue weighted by Crippen LogP contribution is -2.47. The van der Waals surface area contributed by atoms with Crippen LogP contribution in [0, 0.1) is 5.92 Å². The van der Waals surface area contributed by atoms with Crippen molar-refractivity contribution in [3.63, 3.8) is 0 Å². The van der Waals surface area contributed by atoms with Gasteiger partial charge >= 0.3 is 0 Å². The van der Waals surface area contributed by atoms with Gasteiger partial charge in [0, 0.05) is 16.6 Å². The average Bonchev–Trinajstić information content (AvgIpc) is 2.66. The lowest BCUT2D eigenvalue weighted by Gasteiger charge is -2.24. The highest BCUT2D eigenvalue weighted by atomic mass is 79.9. The van der Waals surface area contributed by atoms with Crippen LogP contribution in [0.3, 0.4) is 0 Å². The Morgan fingerprint density at radius 1 is 1.11 bits per heavy atom. The minimum Gasteiger partial charge on any atom is -0.486 e. The van der Waals surface area contributed by atoms with E-state index in [-0.39, 0.29) is 11.8 Å². The predicted molar refractivity (Wildman–Crippen MR) is 111 cm³/mol. The number of halogens is 2. The van der Waals surface area contributed by atoms with Crippen molar-refractivity contribution in [3.05, 3.63) is 51.5 Å². The Morgan fingerprint density at radius 3 is 2.39 bits per heavy atom. The fourth-order valence-electron chi connectivity index (χ4n) is 2.77. The van der Waals surface area contributed by atoms with Crippen molar-refractivity contribution in [1.29, 1.82) is 0 Å². The van der Waals surface area contributed by atoms with Crippen LogP contribution in [0.15, 0.2) is 40.9 Å². The molecular formula is C20H20BrClN2O4. The summed E-state index contributed by atoms with van der Waals surface area (Å²) in [6.07, 6.45) is 0. The Bertz CT molecular complexity index is 904. The van der Waals surface area contributed by atoms with Gasteiger partial charge in [-0.1, -0.05) is 37.6 Å². The molecule has 1 unspecified atom stereocenters. The number of anilines is 1. The van der Waals surface area contributed by atoms with E-state index in [2.05, 4.69) is 26.6 Å². The van der Waals surface area contributed by atoms with Crippen LogP contribution >= 0.6 is 27.5 Å². The molecule has 0 saturated carbocycles. The summed E-state index contributed by atoms with van der Waals surface area (Å²) in [6, 6.07) is 9.41. The molecule has 8 heteroatoms. The summed E-state index contributed by atoms with van der Waals surface area (Å²) in [5.74, 6) is 0.297. The summed E-state index contributed by atoms with van der Waals surface area (Å²) in [4.78, 5) is 25.4. The third-order valence-corrected chi connectivity index (χ3v) is 5.23. The maximum absolute atomic E-state index is 12.9. The zero-order chi connectivity index (χ0) is 20.3. The molecule has 1 atom stereocenters. The quantitative estimate of drug-likeness (QED) is 0.689. The van der Waals surface area contributed by atoms with Crippen molar-refractivity contribution in [2.75, 3.05) is 18.5 Å². The minimum absolute atomic E-state index is 0.137. The van der Waals surface area contributed by atoms with Crippen LogP contribution < -0.4 is 20.1 Å². The number of carbonyl (C=O) groups excluding carboxylic acids is 2. The van der Waals surface area contributed by atoms with Gasteiger partial charge in [-0.2, -0.15) is 0 Å². The van der Waals surface area contributed by atoms with E-state index in [1.165, 1.54) is 0 Å². The van der Waals surface area contributed by atoms with E-state index in [9.17, 15) is 9.59 Å². The van der Waals surface area contributed by atoms with Gasteiger partial charge in [0.15, 0.2) is 11.5 Å². The second-order valence-corrected chi connectivity index (χ2v) is 7.90. The van der Waals surface area contributed by atoms with E-state index < -0.39 is 11.9 Å². The number of carbonyl (C=O) groups is 2. The maximum atomic E-state index is 12.9. The fraction of sp³-hybridized carbons (Fsp3) is 0.300. The van der Waals surface area contributed by atoms with Gasteiger partial charge in [0.2, 0.25) is 5.91 Å². The molecule has 2 N–H and O–H groups in total. The number of ether oxygens (including phenoxy) is 2. The Morgan fingerprint density at radius 2 is 1.75 bits per heavy atom. The van der Waals surface area contributed by atoms with Crippen LogP contribution in [-0.2, 0) is 4.79 Å². The smallest absolute Gasteiger partial charge is 0.253 e. The average molecular weight is 468 g/mol. The van der Waals surface area contributed by atoms with Crippen LogP contribution in [0.5, 0.6) is 11.5 Å². The molecule has 1 aliphatic heterocycles. The number of fused-ring (bicyclic) bond motifs is 1. The van der Waals surface area contributed by atoms with E-state index >= 15 is 0 Å². The first-order valence-electron chi connectivity index (χ1n) is 8.82. The minimum atomic E-state index is -0.746. The zero-order valence-corrected chi connectivity index (χ0v) is 17.8. The maximum Gasteiger partial charge on any atom is 0.253 e. The van der Waals surface area contributed by atoms with Crippen molar-refractivity contribution in [2.45, 2.75) is 19.9 Å². The number of hydrogen-bond donors (Lipinski definition) is 2. The van der Waals surface area contributed by atoms with E-state index in [1.807, 2.05) is 13.8 Å². The Kier molecular flexibility index (Phi) is 6.46. The molecule has 2 aromatic carbocycles. The lowest BCUT2D eigenvalue weighted by atomic mass is 10.0. The third kappa shape index (κ3) is 4.59. The lowest BCUT2D eigenvalue weighted by molar-refractivity contribution is -0.118. The predicted octanol–water partition coefficient (Wildman–Crippen LogP) is 4.27. The molecule has 0 aliphatic carbocycles. The normalized spacial score (nSPS) is 13.8. The Balaban J connectivity index is 1.77. The monoisotopic (exact) mass is 466 g/mol. The van der Waals surface area contributed by atoms with Crippen molar-refractivity contribution in [1.82, 2.24) is 5.32 Å². The zero-order valence-electron chi connectivity index (χ0n) is 15.4. The summed E-state index contributed by atoms with van der Waals surface area (Å²) in [5, 5.41) is 5.94. The molecule has 1 aliphatic rings. The van der Waals surface area contributed by atoms with Crippen LogP contribution in [0.4, 0.5) is 5.69 Å². The number of amides is 2.